The van der Waals surface area contributed by atoms with Gasteiger partial charge in [0.25, 0.3) is 0 Å². The van der Waals surface area contributed by atoms with Crippen molar-refractivity contribution in [3.63, 3.8) is 0 Å². The maximum absolute atomic E-state index is 14.2. The number of hydrogen-bond donors (Lipinski definition) is 2. The number of nitrogens with one attached hydrogen (secondary N) is 1. The second kappa shape index (κ2) is 7.04. The van der Waals surface area contributed by atoms with E-state index >= 15 is 0 Å². The van der Waals surface area contributed by atoms with Gasteiger partial charge < -0.3 is 10.6 Å². The number of hydrogen-bond acceptors (Lipinski definition) is 6. The van der Waals surface area contributed by atoms with E-state index in [1.165, 1.54) is 11.6 Å². The van der Waals surface area contributed by atoms with Crippen LogP contribution in [-0.4, -0.2) is 44.8 Å². The van der Waals surface area contributed by atoms with Crippen LogP contribution in [0, 0.1) is 17.7 Å². The largest absolute Gasteiger partial charge is 0.355 e. The maximum atomic E-state index is 14.2. The number of halogens is 1. The lowest BCUT2D eigenvalue weighted by Gasteiger charge is -2.26. The Labute approximate surface area is 194 Å². The van der Waals surface area contributed by atoms with Crippen molar-refractivity contribution < 1.29 is 4.39 Å². The summed E-state index contributed by atoms with van der Waals surface area (Å²) < 4.78 is 14.2. The third-order valence-corrected chi connectivity index (χ3v) is 7.74. The molecule has 3 atom stereocenters. The minimum Gasteiger partial charge on any atom is -0.355 e. The first kappa shape index (κ1) is 19.5. The first-order chi connectivity index (χ1) is 16.7. The molecule has 0 amide bonds. The molecule has 168 valence electrons. The van der Waals surface area contributed by atoms with E-state index in [0.29, 0.717) is 46.1 Å². The minimum absolute atomic E-state index is 0.0775. The van der Waals surface area contributed by atoms with Crippen molar-refractivity contribution >= 4 is 27.9 Å². The number of rotatable bonds is 4. The summed E-state index contributed by atoms with van der Waals surface area (Å²) in [4.78, 5) is 16.0. The maximum Gasteiger partial charge on any atom is 0.177 e. The second-order valence-electron chi connectivity index (χ2n) is 9.22. The van der Waals surface area contributed by atoms with Crippen molar-refractivity contribution in [2.24, 2.45) is 17.6 Å². The van der Waals surface area contributed by atoms with E-state index in [1.54, 1.807) is 18.3 Å². The SMILES string of the molecule is NC[C@@]1(c2ccccc2)[C@@H]2CN(c3cnc4c(-c5ccc(F)c6ncccc56)n[nH]c4n3)C[C@@H]21. The van der Waals surface area contributed by atoms with Crippen LogP contribution in [0.2, 0.25) is 0 Å². The summed E-state index contributed by atoms with van der Waals surface area (Å²) in [5, 5.41) is 8.19. The summed E-state index contributed by atoms with van der Waals surface area (Å²) in [7, 11) is 0. The standard InChI is InChI=1S/C26H22FN7/c27-20-9-8-17(16-7-4-10-29-22(16)20)23-24-25(33-32-23)31-21(11-30-24)34-12-18-19(13-34)26(18,14-28)15-5-2-1-3-6-15/h1-11,18-19H,12-14,28H2,(H,31,32,33)/t18-,19+,26-. The zero-order valence-corrected chi connectivity index (χ0v) is 18.3. The Morgan fingerprint density at radius 1 is 1.00 bits per heavy atom. The van der Waals surface area contributed by atoms with Gasteiger partial charge in [0.1, 0.15) is 28.4 Å². The van der Waals surface area contributed by atoms with Gasteiger partial charge in [0, 0.05) is 42.2 Å². The monoisotopic (exact) mass is 451 g/mol. The van der Waals surface area contributed by atoms with Gasteiger partial charge in [-0.2, -0.15) is 5.10 Å². The van der Waals surface area contributed by atoms with E-state index in [9.17, 15) is 4.39 Å². The van der Waals surface area contributed by atoms with E-state index in [1.807, 2.05) is 18.3 Å². The number of fused-ring (bicyclic) bond motifs is 3. The Hall–Kier alpha value is -3.91. The third-order valence-electron chi connectivity index (χ3n) is 7.74. The van der Waals surface area contributed by atoms with Gasteiger partial charge in [0.2, 0.25) is 0 Å². The lowest BCUT2D eigenvalue weighted by molar-refractivity contribution is 0.553. The molecule has 7 nitrogen and oxygen atoms in total. The van der Waals surface area contributed by atoms with E-state index in [2.05, 4.69) is 44.3 Å². The Kier molecular flexibility index (Phi) is 4.05. The highest BCUT2D eigenvalue weighted by Gasteiger charge is 2.68. The molecule has 7 rings (SSSR count). The molecule has 1 saturated heterocycles. The molecule has 0 spiro atoms. The number of aromatic amines is 1. The highest BCUT2D eigenvalue weighted by atomic mass is 19.1. The van der Waals surface area contributed by atoms with Crippen LogP contribution in [0.3, 0.4) is 0 Å². The van der Waals surface area contributed by atoms with Crippen molar-refractivity contribution in [1.29, 1.82) is 0 Å². The summed E-state index contributed by atoms with van der Waals surface area (Å²) >= 11 is 0. The molecular formula is C26H22FN7. The molecular weight excluding hydrogens is 429 g/mol. The Morgan fingerprint density at radius 3 is 2.62 bits per heavy atom. The van der Waals surface area contributed by atoms with Crippen LogP contribution in [0.4, 0.5) is 10.2 Å². The lowest BCUT2D eigenvalue weighted by atomic mass is 9.90. The van der Waals surface area contributed by atoms with Gasteiger partial charge in [-0.25, -0.2) is 14.4 Å². The predicted octanol–water partition coefficient (Wildman–Crippen LogP) is 3.67. The number of nitrogens with zero attached hydrogens (tertiary/aromatic N) is 5. The number of pyridine rings is 1. The fraction of sp³-hybridized carbons (Fsp3) is 0.231. The second-order valence-corrected chi connectivity index (χ2v) is 9.22. The van der Waals surface area contributed by atoms with E-state index < -0.39 is 0 Å². The van der Waals surface area contributed by atoms with E-state index in [-0.39, 0.29) is 11.2 Å². The summed E-state index contributed by atoms with van der Waals surface area (Å²) in [6.45, 7) is 2.48. The van der Waals surface area contributed by atoms with Crippen LogP contribution in [-0.2, 0) is 5.41 Å². The first-order valence-corrected chi connectivity index (χ1v) is 11.5. The normalized spacial score (nSPS) is 23.5. The van der Waals surface area contributed by atoms with Crippen molar-refractivity contribution in [1.82, 2.24) is 25.1 Å². The van der Waals surface area contributed by atoms with Gasteiger partial charge >= 0.3 is 0 Å². The molecule has 3 aromatic heterocycles. The van der Waals surface area contributed by atoms with Crippen LogP contribution < -0.4 is 10.6 Å². The molecule has 4 heterocycles. The molecule has 34 heavy (non-hydrogen) atoms. The average Bonchev–Trinajstić information content (AvgIpc) is 3.20. The van der Waals surface area contributed by atoms with Gasteiger partial charge in [-0.3, -0.25) is 10.1 Å². The summed E-state index contributed by atoms with van der Waals surface area (Å²) in [6, 6.07) is 17.4. The Morgan fingerprint density at radius 2 is 1.82 bits per heavy atom. The number of nitrogens with two attached hydrogens (primary N) is 1. The van der Waals surface area contributed by atoms with Gasteiger partial charge in [-0.05, 0) is 35.6 Å². The van der Waals surface area contributed by atoms with Crippen LogP contribution in [0.1, 0.15) is 5.56 Å². The number of anilines is 1. The molecule has 5 aromatic rings. The highest BCUT2D eigenvalue weighted by Crippen LogP contribution is 2.63. The molecule has 3 N–H and O–H groups in total. The Bertz CT molecular complexity index is 1540. The van der Waals surface area contributed by atoms with Crippen molar-refractivity contribution in [2.75, 3.05) is 24.5 Å². The summed E-state index contributed by atoms with van der Waals surface area (Å²) in [5.74, 6) is 1.52. The van der Waals surface area contributed by atoms with Crippen LogP contribution >= 0.6 is 0 Å². The smallest absolute Gasteiger partial charge is 0.177 e. The van der Waals surface area contributed by atoms with Crippen molar-refractivity contribution in [3.05, 3.63) is 78.4 Å². The predicted molar refractivity (Wildman–Crippen MR) is 129 cm³/mol. The molecule has 1 aliphatic carbocycles. The molecule has 2 fully saturated rings. The van der Waals surface area contributed by atoms with Gasteiger partial charge in [-0.15, -0.1) is 0 Å². The van der Waals surface area contributed by atoms with Crippen LogP contribution in [0.25, 0.3) is 33.3 Å². The number of piperidine rings is 1. The number of H-pyrrole nitrogens is 1. The van der Waals surface area contributed by atoms with Crippen LogP contribution in [0.15, 0.2) is 67.0 Å². The van der Waals surface area contributed by atoms with E-state index in [4.69, 9.17) is 15.7 Å². The lowest BCUT2D eigenvalue weighted by Crippen LogP contribution is -2.35. The molecule has 1 aliphatic heterocycles. The van der Waals surface area contributed by atoms with Gasteiger partial charge in [0.15, 0.2) is 5.65 Å². The summed E-state index contributed by atoms with van der Waals surface area (Å²) in [5.41, 5.74) is 10.7. The van der Waals surface area contributed by atoms with Gasteiger partial charge in [0.05, 0.1) is 6.20 Å². The highest BCUT2D eigenvalue weighted by molar-refractivity contribution is 6.00. The molecule has 2 aromatic carbocycles. The number of benzene rings is 2. The fourth-order valence-electron chi connectivity index (χ4n) is 6.00. The first-order valence-electron chi connectivity index (χ1n) is 11.5. The van der Waals surface area contributed by atoms with Crippen molar-refractivity contribution in [2.45, 2.75) is 5.41 Å². The van der Waals surface area contributed by atoms with Crippen molar-refractivity contribution in [3.8, 4) is 11.3 Å². The van der Waals surface area contributed by atoms with Gasteiger partial charge in [-0.1, -0.05) is 36.4 Å². The van der Waals surface area contributed by atoms with Crippen LogP contribution in [0.5, 0.6) is 0 Å². The molecule has 1 saturated carbocycles. The number of aromatic nitrogens is 5. The molecule has 8 heteroatoms. The fourth-order valence-corrected chi connectivity index (χ4v) is 6.00. The zero-order chi connectivity index (χ0) is 22.9. The minimum atomic E-state index is -0.357. The molecule has 0 radical (unpaired) electrons. The molecule has 0 bridgehead atoms. The third kappa shape index (κ3) is 2.60. The quantitative estimate of drug-likeness (QED) is 0.433. The zero-order valence-electron chi connectivity index (χ0n) is 18.3. The topological polar surface area (TPSA) is 96.6 Å². The molecule has 2 aliphatic rings. The summed E-state index contributed by atoms with van der Waals surface area (Å²) in [6.07, 6.45) is 3.39. The molecule has 0 unspecified atom stereocenters. The van der Waals surface area contributed by atoms with E-state index in [0.717, 1.165) is 24.5 Å². The average molecular weight is 452 g/mol. The Balaban J connectivity index is 1.20.